The lowest BCUT2D eigenvalue weighted by atomic mass is 10.0. The second-order valence-electron chi connectivity index (χ2n) is 6.49. The first-order chi connectivity index (χ1) is 10.9. The van der Waals surface area contributed by atoms with E-state index >= 15 is 0 Å². The number of carbonyl (C=O) groups is 1. The molecule has 0 spiro atoms. The van der Waals surface area contributed by atoms with Gasteiger partial charge in [0.1, 0.15) is 5.69 Å². The molecule has 2 aliphatic rings. The number of aromatic nitrogens is 1. The molecule has 3 heterocycles. The summed E-state index contributed by atoms with van der Waals surface area (Å²) < 4.78 is 24.1. The lowest BCUT2D eigenvalue weighted by molar-refractivity contribution is 0.0895. The third-order valence-electron chi connectivity index (χ3n) is 4.62. The number of hydrogen-bond donors (Lipinski definition) is 1. The number of nitrogens with zero attached hydrogens (tertiary/aromatic N) is 2. The van der Waals surface area contributed by atoms with Crippen molar-refractivity contribution in [1.29, 1.82) is 0 Å². The molecule has 0 aromatic carbocycles. The number of rotatable bonds is 3. The standard InChI is InChI=1S/C16H23N3O3S/c1-12-6-5-7-13(17-12)16(20)18-14-10-23(21,22)11-15(14)19-8-3-2-4-9-19/h5-7,14-15H,2-4,8-11H2,1H3,(H,18,20)/t14-,15+/m1/s1. The second-order valence-corrected chi connectivity index (χ2v) is 8.64. The van der Waals surface area contributed by atoms with Gasteiger partial charge in [-0.2, -0.15) is 0 Å². The lowest BCUT2D eigenvalue weighted by Crippen LogP contribution is -2.52. The highest BCUT2D eigenvalue weighted by molar-refractivity contribution is 7.91. The van der Waals surface area contributed by atoms with Crippen LogP contribution in [-0.4, -0.2) is 60.9 Å². The zero-order valence-electron chi connectivity index (χ0n) is 13.4. The first kappa shape index (κ1) is 16.4. The molecular weight excluding hydrogens is 314 g/mol. The fraction of sp³-hybridized carbons (Fsp3) is 0.625. The molecule has 2 fully saturated rings. The van der Waals surface area contributed by atoms with Crippen LogP contribution in [0.4, 0.5) is 0 Å². The molecule has 2 atom stereocenters. The number of hydrogen-bond acceptors (Lipinski definition) is 5. The highest BCUT2D eigenvalue weighted by atomic mass is 32.2. The van der Waals surface area contributed by atoms with Crippen LogP contribution in [0, 0.1) is 6.92 Å². The number of piperidine rings is 1. The van der Waals surface area contributed by atoms with E-state index in [9.17, 15) is 13.2 Å². The minimum Gasteiger partial charge on any atom is -0.345 e. The van der Waals surface area contributed by atoms with Crippen molar-refractivity contribution >= 4 is 15.7 Å². The van der Waals surface area contributed by atoms with Gasteiger partial charge in [-0.1, -0.05) is 12.5 Å². The molecule has 23 heavy (non-hydrogen) atoms. The van der Waals surface area contributed by atoms with E-state index in [4.69, 9.17) is 0 Å². The Labute approximate surface area is 137 Å². The summed E-state index contributed by atoms with van der Waals surface area (Å²) in [7, 11) is -3.11. The molecule has 1 N–H and O–H groups in total. The van der Waals surface area contributed by atoms with Crippen LogP contribution >= 0.6 is 0 Å². The van der Waals surface area contributed by atoms with Crippen molar-refractivity contribution in [3.63, 3.8) is 0 Å². The molecule has 6 nitrogen and oxygen atoms in total. The summed E-state index contributed by atoms with van der Waals surface area (Å²) >= 11 is 0. The van der Waals surface area contributed by atoms with Crippen LogP contribution in [0.5, 0.6) is 0 Å². The van der Waals surface area contributed by atoms with Crippen molar-refractivity contribution in [3.8, 4) is 0 Å². The Morgan fingerprint density at radius 1 is 1.22 bits per heavy atom. The fourth-order valence-electron chi connectivity index (χ4n) is 3.49. The molecule has 2 aliphatic heterocycles. The van der Waals surface area contributed by atoms with Crippen molar-refractivity contribution < 1.29 is 13.2 Å². The summed E-state index contributed by atoms with van der Waals surface area (Å²) in [6.45, 7) is 3.65. The highest BCUT2D eigenvalue weighted by Crippen LogP contribution is 2.22. The largest absolute Gasteiger partial charge is 0.345 e. The molecule has 1 amide bonds. The monoisotopic (exact) mass is 337 g/mol. The molecule has 3 rings (SSSR count). The molecule has 7 heteroatoms. The van der Waals surface area contributed by atoms with Gasteiger partial charge in [0.2, 0.25) is 0 Å². The SMILES string of the molecule is Cc1cccc(C(=O)N[C@@H]2CS(=O)(=O)C[C@@H]2N2CCCCC2)n1. The third-order valence-corrected chi connectivity index (χ3v) is 6.34. The molecule has 0 unspecified atom stereocenters. The van der Waals surface area contributed by atoms with Gasteiger partial charge in [0.05, 0.1) is 17.5 Å². The van der Waals surface area contributed by atoms with Gasteiger partial charge >= 0.3 is 0 Å². The predicted molar refractivity (Wildman–Crippen MR) is 88.1 cm³/mol. The smallest absolute Gasteiger partial charge is 0.270 e. The van der Waals surface area contributed by atoms with Gasteiger partial charge in [-0.15, -0.1) is 0 Å². The Kier molecular flexibility index (Phi) is 4.68. The van der Waals surface area contributed by atoms with Gasteiger partial charge in [-0.3, -0.25) is 9.69 Å². The van der Waals surface area contributed by atoms with E-state index in [1.54, 1.807) is 12.1 Å². The van der Waals surface area contributed by atoms with Gasteiger partial charge in [0.15, 0.2) is 9.84 Å². The number of likely N-dealkylation sites (tertiary alicyclic amines) is 1. The first-order valence-corrected chi connectivity index (χ1v) is 9.96. The van der Waals surface area contributed by atoms with Crippen LogP contribution in [0.3, 0.4) is 0 Å². The molecule has 0 saturated carbocycles. The number of nitrogens with one attached hydrogen (secondary N) is 1. The van der Waals surface area contributed by atoms with Crippen LogP contribution < -0.4 is 5.32 Å². The molecule has 126 valence electrons. The van der Waals surface area contributed by atoms with E-state index in [0.29, 0.717) is 5.69 Å². The Morgan fingerprint density at radius 2 is 1.96 bits per heavy atom. The lowest BCUT2D eigenvalue weighted by Gasteiger charge is -2.34. The van der Waals surface area contributed by atoms with Gasteiger partial charge in [0, 0.05) is 11.7 Å². The molecular formula is C16H23N3O3S. The van der Waals surface area contributed by atoms with Gasteiger partial charge in [0.25, 0.3) is 5.91 Å². The van der Waals surface area contributed by atoms with Crippen LogP contribution in [0.25, 0.3) is 0 Å². The zero-order chi connectivity index (χ0) is 16.4. The number of sulfone groups is 1. The average Bonchev–Trinajstić information content (AvgIpc) is 2.83. The summed E-state index contributed by atoms with van der Waals surface area (Å²) in [5, 5.41) is 2.90. The van der Waals surface area contributed by atoms with Gasteiger partial charge < -0.3 is 5.32 Å². The van der Waals surface area contributed by atoms with E-state index in [1.807, 2.05) is 13.0 Å². The van der Waals surface area contributed by atoms with Crippen LogP contribution in [0.1, 0.15) is 35.4 Å². The fourth-order valence-corrected chi connectivity index (χ4v) is 5.44. The number of amides is 1. The Balaban J connectivity index is 1.74. The maximum absolute atomic E-state index is 12.4. The predicted octanol–water partition coefficient (Wildman–Crippen LogP) is 0.771. The Hall–Kier alpha value is -1.47. The van der Waals surface area contributed by atoms with Crippen LogP contribution in [-0.2, 0) is 9.84 Å². The summed E-state index contributed by atoms with van der Waals surface area (Å²) in [5.41, 5.74) is 1.11. The summed E-state index contributed by atoms with van der Waals surface area (Å²) in [6.07, 6.45) is 3.38. The normalized spacial score (nSPS) is 27.7. The third kappa shape index (κ3) is 3.90. The summed E-state index contributed by atoms with van der Waals surface area (Å²) in [6, 6.07) is 4.79. The maximum atomic E-state index is 12.4. The van der Waals surface area contributed by atoms with E-state index in [-0.39, 0.29) is 29.5 Å². The minimum atomic E-state index is -3.11. The van der Waals surface area contributed by atoms with Gasteiger partial charge in [-0.05, 0) is 45.0 Å². The molecule has 2 saturated heterocycles. The first-order valence-electron chi connectivity index (χ1n) is 8.14. The molecule has 0 aliphatic carbocycles. The maximum Gasteiger partial charge on any atom is 0.270 e. The molecule has 0 radical (unpaired) electrons. The van der Waals surface area contributed by atoms with Crippen molar-refractivity contribution in [1.82, 2.24) is 15.2 Å². The van der Waals surface area contributed by atoms with Crippen molar-refractivity contribution in [2.45, 2.75) is 38.3 Å². The Morgan fingerprint density at radius 3 is 2.65 bits per heavy atom. The minimum absolute atomic E-state index is 0.0196. The highest BCUT2D eigenvalue weighted by Gasteiger charge is 2.42. The van der Waals surface area contributed by atoms with E-state index in [2.05, 4.69) is 15.2 Å². The molecule has 1 aromatic heterocycles. The second kappa shape index (κ2) is 6.57. The summed E-state index contributed by atoms with van der Waals surface area (Å²) in [4.78, 5) is 18.8. The van der Waals surface area contributed by atoms with Crippen molar-refractivity contribution in [3.05, 3.63) is 29.6 Å². The van der Waals surface area contributed by atoms with Crippen LogP contribution in [0.15, 0.2) is 18.2 Å². The van der Waals surface area contributed by atoms with Crippen LogP contribution in [0.2, 0.25) is 0 Å². The number of aryl methyl sites for hydroxylation is 1. The quantitative estimate of drug-likeness (QED) is 0.881. The Bertz CT molecular complexity index is 684. The molecule has 0 bridgehead atoms. The summed E-state index contributed by atoms with van der Waals surface area (Å²) in [5.74, 6) is -0.136. The number of pyridine rings is 1. The number of carbonyl (C=O) groups excluding carboxylic acids is 1. The average molecular weight is 337 g/mol. The van der Waals surface area contributed by atoms with E-state index in [0.717, 1.165) is 31.6 Å². The van der Waals surface area contributed by atoms with E-state index in [1.165, 1.54) is 6.42 Å². The topological polar surface area (TPSA) is 79.4 Å². The zero-order valence-corrected chi connectivity index (χ0v) is 14.2. The van der Waals surface area contributed by atoms with Crippen molar-refractivity contribution in [2.24, 2.45) is 0 Å². The van der Waals surface area contributed by atoms with Gasteiger partial charge in [-0.25, -0.2) is 13.4 Å². The molecule has 1 aromatic rings. The van der Waals surface area contributed by atoms with E-state index < -0.39 is 9.84 Å². The van der Waals surface area contributed by atoms with Crippen molar-refractivity contribution in [2.75, 3.05) is 24.6 Å².